The van der Waals surface area contributed by atoms with E-state index >= 15 is 0 Å². The van der Waals surface area contributed by atoms with Gasteiger partial charge in [-0.3, -0.25) is 0 Å². The van der Waals surface area contributed by atoms with Gasteiger partial charge in [0.05, 0.1) is 0 Å². The summed E-state index contributed by atoms with van der Waals surface area (Å²) < 4.78 is 10.8. The summed E-state index contributed by atoms with van der Waals surface area (Å²) >= 11 is 0. The van der Waals surface area contributed by atoms with E-state index in [1.807, 2.05) is 6.92 Å². The van der Waals surface area contributed by atoms with Crippen LogP contribution in [-0.4, -0.2) is 17.7 Å². The third kappa shape index (κ3) is 8.65. The third-order valence-electron chi connectivity index (χ3n) is 3.41. The van der Waals surface area contributed by atoms with Crippen LogP contribution in [0.1, 0.15) is 65.7 Å². The number of carbonyl (C=O) groups is 2. The van der Waals surface area contributed by atoms with Crippen LogP contribution in [0.2, 0.25) is 0 Å². The average molecular weight is 310 g/mol. The summed E-state index contributed by atoms with van der Waals surface area (Å²) in [6, 6.07) is 0. The molecule has 0 unspecified atom stereocenters. The smallest absolute Gasteiger partial charge is 0.333 e. The number of ether oxygens (including phenoxy) is 2. The molecule has 0 saturated carbocycles. The highest BCUT2D eigenvalue weighted by Gasteiger charge is 2.36. The fraction of sp³-hybridized carbons (Fsp3) is 0.667. The van der Waals surface area contributed by atoms with E-state index in [9.17, 15) is 9.59 Å². The van der Waals surface area contributed by atoms with Crippen LogP contribution >= 0.6 is 0 Å². The van der Waals surface area contributed by atoms with Gasteiger partial charge in [0.25, 0.3) is 5.79 Å². The Balaban J connectivity index is 4.97. The Hall–Kier alpha value is -1.58. The Bertz CT molecular complexity index is 349. The van der Waals surface area contributed by atoms with Crippen LogP contribution in [-0.2, 0) is 19.1 Å². The molecule has 0 bridgehead atoms. The summed E-state index contributed by atoms with van der Waals surface area (Å²) in [6.45, 7) is 13.2. The summed E-state index contributed by atoms with van der Waals surface area (Å²) in [5, 5.41) is 0. The zero-order chi connectivity index (χ0) is 17.0. The fourth-order valence-corrected chi connectivity index (χ4v) is 2.19. The van der Waals surface area contributed by atoms with Crippen LogP contribution in [0.25, 0.3) is 0 Å². The third-order valence-corrected chi connectivity index (χ3v) is 3.41. The van der Waals surface area contributed by atoms with Crippen LogP contribution in [0.4, 0.5) is 0 Å². The molecule has 0 N–H and O–H groups in total. The molecule has 0 aliphatic rings. The van der Waals surface area contributed by atoms with Crippen molar-refractivity contribution < 1.29 is 19.1 Å². The minimum absolute atomic E-state index is 0.490. The van der Waals surface area contributed by atoms with E-state index in [0.29, 0.717) is 18.8 Å². The fourth-order valence-electron chi connectivity index (χ4n) is 2.19. The number of unbranched alkanes of at least 4 members (excludes halogenated alkanes) is 2. The normalized spacial score (nSPS) is 11.1. The van der Waals surface area contributed by atoms with Gasteiger partial charge in [-0.1, -0.05) is 53.2 Å². The van der Waals surface area contributed by atoms with Crippen molar-refractivity contribution in [1.29, 1.82) is 0 Å². The largest absolute Gasteiger partial charge is 0.419 e. The maximum Gasteiger partial charge on any atom is 0.333 e. The highest BCUT2D eigenvalue weighted by molar-refractivity contribution is 5.83. The van der Waals surface area contributed by atoms with Gasteiger partial charge in [-0.05, 0) is 18.8 Å². The van der Waals surface area contributed by atoms with Gasteiger partial charge < -0.3 is 9.47 Å². The zero-order valence-corrected chi connectivity index (χ0v) is 14.2. The molecule has 0 aliphatic carbocycles. The molecule has 0 radical (unpaired) electrons. The van der Waals surface area contributed by atoms with E-state index in [-0.39, 0.29) is 0 Å². The molecule has 0 saturated heterocycles. The summed E-state index contributed by atoms with van der Waals surface area (Å²) in [5.74, 6) is -1.73. The lowest BCUT2D eigenvalue weighted by Gasteiger charge is -2.32. The molecule has 22 heavy (non-hydrogen) atoms. The predicted molar refractivity (Wildman–Crippen MR) is 88.1 cm³/mol. The van der Waals surface area contributed by atoms with Crippen molar-refractivity contribution in [3.8, 4) is 0 Å². The van der Waals surface area contributed by atoms with E-state index in [0.717, 1.165) is 44.3 Å². The number of hydrogen-bond acceptors (Lipinski definition) is 4. The van der Waals surface area contributed by atoms with Crippen LogP contribution < -0.4 is 0 Å². The second kappa shape index (κ2) is 11.0. The van der Waals surface area contributed by atoms with Crippen molar-refractivity contribution in [2.45, 2.75) is 71.5 Å². The van der Waals surface area contributed by atoms with Crippen molar-refractivity contribution in [2.24, 2.45) is 5.92 Å². The van der Waals surface area contributed by atoms with E-state index in [1.54, 1.807) is 0 Å². The Kier molecular flexibility index (Phi) is 10.3. The van der Waals surface area contributed by atoms with Crippen molar-refractivity contribution in [2.75, 3.05) is 0 Å². The van der Waals surface area contributed by atoms with Gasteiger partial charge in [0.2, 0.25) is 0 Å². The summed E-state index contributed by atoms with van der Waals surface area (Å²) in [6.07, 6.45) is 7.83. The molecular weight excluding hydrogens is 280 g/mol. The first-order valence-corrected chi connectivity index (χ1v) is 8.10. The first-order chi connectivity index (χ1) is 10.4. The molecule has 0 rings (SSSR count). The van der Waals surface area contributed by atoms with Gasteiger partial charge in [0.15, 0.2) is 0 Å². The van der Waals surface area contributed by atoms with E-state index in [1.165, 1.54) is 0 Å². The lowest BCUT2D eigenvalue weighted by atomic mass is 9.98. The zero-order valence-electron chi connectivity index (χ0n) is 14.2. The lowest BCUT2D eigenvalue weighted by Crippen LogP contribution is -2.39. The standard InChI is InChI=1S/C18H30O4/c1-6-9-13-18(21-16(19)7-2,22-17(20)8-3)14-11-10-12-15(4)5/h7-8,15H,2-3,6,9-14H2,1,4-5H3. The van der Waals surface area contributed by atoms with Gasteiger partial charge in [-0.25, -0.2) is 9.59 Å². The Morgan fingerprint density at radius 1 is 1.00 bits per heavy atom. The molecular formula is C18H30O4. The first kappa shape index (κ1) is 20.4. The van der Waals surface area contributed by atoms with Gasteiger partial charge >= 0.3 is 11.9 Å². The Morgan fingerprint density at radius 2 is 1.50 bits per heavy atom. The van der Waals surface area contributed by atoms with Crippen molar-refractivity contribution in [3.05, 3.63) is 25.3 Å². The van der Waals surface area contributed by atoms with Crippen molar-refractivity contribution >= 4 is 11.9 Å². The highest BCUT2D eigenvalue weighted by atomic mass is 16.7. The van der Waals surface area contributed by atoms with Gasteiger partial charge in [0.1, 0.15) is 0 Å². The summed E-state index contributed by atoms with van der Waals surface area (Å²) in [5.41, 5.74) is 0. The Morgan fingerprint density at radius 3 is 1.91 bits per heavy atom. The average Bonchev–Trinajstić information content (AvgIpc) is 2.49. The SMILES string of the molecule is C=CC(=O)OC(CCCC)(CCCCC(C)C)OC(=O)C=C. The molecule has 4 heteroatoms. The molecule has 126 valence electrons. The lowest BCUT2D eigenvalue weighted by molar-refractivity contribution is -0.228. The molecule has 0 spiro atoms. The van der Waals surface area contributed by atoms with E-state index < -0.39 is 17.7 Å². The van der Waals surface area contributed by atoms with Crippen LogP contribution in [0, 0.1) is 5.92 Å². The number of hydrogen-bond donors (Lipinski definition) is 0. The number of carbonyl (C=O) groups excluding carboxylic acids is 2. The monoisotopic (exact) mass is 310 g/mol. The maximum absolute atomic E-state index is 11.6. The molecule has 0 heterocycles. The molecule has 0 aromatic rings. The topological polar surface area (TPSA) is 52.6 Å². The molecule has 0 atom stereocenters. The molecule has 0 aromatic heterocycles. The minimum atomic E-state index is -1.20. The van der Waals surface area contributed by atoms with E-state index in [2.05, 4.69) is 27.0 Å². The Labute approximate surface area is 134 Å². The molecule has 0 amide bonds. The van der Waals surface area contributed by atoms with Crippen molar-refractivity contribution in [3.63, 3.8) is 0 Å². The number of esters is 2. The van der Waals surface area contributed by atoms with Gasteiger partial charge in [0, 0.05) is 25.0 Å². The second-order valence-electron chi connectivity index (χ2n) is 5.90. The van der Waals surface area contributed by atoms with Crippen LogP contribution in [0.15, 0.2) is 25.3 Å². The molecule has 0 aliphatic heterocycles. The summed E-state index contributed by atoms with van der Waals surface area (Å²) in [7, 11) is 0. The molecule has 4 nitrogen and oxygen atoms in total. The second-order valence-corrected chi connectivity index (χ2v) is 5.90. The van der Waals surface area contributed by atoms with Crippen LogP contribution in [0.5, 0.6) is 0 Å². The highest BCUT2D eigenvalue weighted by Crippen LogP contribution is 2.29. The quantitative estimate of drug-likeness (QED) is 0.230. The van der Waals surface area contributed by atoms with Gasteiger partial charge in [-0.2, -0.15) is 0 Å². The summed E-state index contributed by atoms with van der Waals surface area (Å²) in [4.78, 5) is 23.3. The minimum Gasteiger partial charge on any atom is -0.419 e. The van der Waals surface area contributed by atoms with Crippen molar-refractivity contribution in [1.82, 2.24) is 0 Å². The molecule has 0 fully saturated rings. The van der Waals surface area contributed by atoms with E-state index in [4.69, 9.17) is 9.47 Å². The number of rotatable bonds is 12. The van der Waals surface area contributed by atoms with Gasteiger partial charge in [-0.15, -0.1) is 0 Å². The first-order valence-electron chi connectivity index (χ1n) is 8.10. The van der Waals surface area contributed by atoms with Crippen LogP contribution in [0.3, 0.4) is 0 Å². The molecule has 0 aromatic carbocycles. The predicted octanol–water partition coefficient (Wildman–Crippen LogP) is 4.55. The maximum atomic E-state index is 11.6.